The van der Waals surface area contributed by atoms with Crippen LogP contribution in [-0.4, -0.2) is 59.6 Å². The third kappa shape index (κ3) is 5.29. The topological polar surface area (TPSA) is 89.2 Å². The quantitative estimate of drug-likeness (QED) is 0.349. The molecule has 0 radical (unpaired) electrons. The lowest BCUT2D eigenvalue weighted by molar-refractivity contribution is 0.312. The highest BCUT2D eigenvalue weighted by molar-refractivity contribution is 6.03. The van der Waals surface area contributed by atoms with Crippen LogP contribution in [0, 0.1) is 13.8 Å². The highest BCUT2D eigenvalue weighted by Crippen LogP contribution is 2.34. The van der Waals surface area contributed by atoms with Crippen LogP contribution in [0.2, 0.25) is 0 Å². The van der Waals surface area contributed by atoms with E-state index >= 15 is 0 Å². The van der Waals surface area contributed by atoms with Crippen LogP contribution in [0.3, 0.4) is 0 Å². The van der Waals surface area contributed by atoms with Crippen LogP contribution in [0.15, 0.2) is 53.6 Å². The molecule has 1 aromatic carbocycles. The van der Waals surface area contributed by atoms with Crippen molar-refractivity contribution >= 4 is 28.1 Å². The van der Waals surface area contributed by atoms with Gasteiger partial charge in [-0.25, -0.2) is 9.97 Å². The zero-order valence-corrected chi connectivity index (χ0v) is 22.1. The Balaban J connectivity index is 1.48. The summed E-state index contributed by atoms with van der Waals surface area (Å²) >= 11 is 0. The number of hydrogen-bond acceptors (Lipinski definition) is 7. The van der Waals surface area contributed by atoms with Gasteiger partial charge in [0.05, 0.1) is 0 Å². The lowest BCUT2D eigenvalue weighted by Crippen LogP contribution is -2.44. The molecule has 4 heterocycles. The van der Waals surface area contributed by atoms with Crippen LogP contribution in [0.25, 0.3) is 21.9 Å². The number of benzene rings is 1. The van der Waals surface area contributed by atoms with Crippen LogP contribution in [-0.2, 0) is 6.54 Å². The molecule has 3 aromatic heterocycles. The monoisotopic (exact) mass is 497 g/mol. The minimum absolute atomic E-state index is 0.0641. The van der Waals surface area contributed by atoms with Crippen LogP contribution in [0.1, 0.15) is 23.7 Å². The van der Waals surface area contributed by atoms with Gasteiger partial charge in [-0.1, -0.05) is 0 Å². The summed E-state index contributed by atoms with van der Waals surface area (Å²) in [6.45, 7) is 11.3. The first-order valence-corrected chi connectivity index (χ1v) is 12.9. The van der Waals surface area contributed by atoms with Gasteiger partial charge in [0.1, 0.15) is 11.6 Å². The van der Waals surface area contributed by atoms with E-state index < -0.39 is 0 Å². The highest BCUT2D eigenvalue weighted by Gasteiger charge is 2.16. The van der Waals surface area contributed by atoms with E-state index in [1.165, 1.54) is 0 Å². The van der Waals surface area contributed by atoms with Gasteiger partial charge in [-0.15, -0.1) is 0 Å². The Bertz CT molecular complexity index is 1450. The highest BCUT2D eigenvalue weighted by atomic mass is 16.1. The standard InChI is InChI=1S/C29H35N7O/c1-5-30-26-16-22(21-6-7-27(32-17-21)36-12-10-35(4)11-13-36)15-24-23(26)8-9-31-28(24)33-18-25-19(2)14-20(3)34-29(25)37/h6-9,14-17,30H,5,10-13,18H2,1-4H3,(H,31,33)(H,34,37). The van der Waals surface area contributed by atoms with Crippen molar-refractivity contribution in [2.75, 3.05) is 55.3 Å². The van der Waals surface area contributed by atoms with Crippen LogP contribution < -0.4 is 21.1 Å². The molecular weight excluding hydrogens is 462 g/mol. The van der Waals surface area contributed by atoms with Crippen molar-refractivity contribution in [2.24, 2.45) is 0 Å². The molecule has 0 unspecified atom stereocenters. The molecule has 0 atom stereocenters. The molecular formula is C29H35N7O. The van der Waals surface area contributed by atoms with Gasteiger partial charge in [0.25, 0.3) is 5.56 Å². The molecule has 8 nitrogen and oxygen atoms in total. The van der Waals surface area contributed by atoms with E-state index in [0.717, 1.165) is 88.8 Å². The van der Waals surface area contributed by atoms with Crippen LogP contribution in [0.4, 0.5) is 17.3 Å². The molecule has 1 aliphatic heterocycles. The number of piperazine rings is 1. The van der Waals surface area contributed by atoms with Gasteiger partial charge >= 0.3 is 0 Å². The van der Waals surface area contributed by atoms with Gasteiger partial charge in [-0.2, -0.15) is 0 Å². The predicted molar refractivity (Wildman–Crippen MR) is 153 cm³/mol. The Labute approximate surface area is 217 Å². The molecule has 5 rings (SSSR count). The Kier molecular flexibility index (Phi) is 7.10. The predicted octanol–water partition coefficient (Wildman–Crippen LogP) is 4.40. The lowest BCUT2D eigenvalue weighted by Gasteiger charge is -2.33. The summed E-state index contributed by atoms with van der Waals surface area (Å²) in [7, 11) is 2.16. The van der Waals surface area contributed by atoms with Gasteiger partial charge in [0.15, 0.2) is 0 Å². The largest absolute Gasteiger partial charge is 0.385 e. The minimum atomic E-state index is -0.0641. The zero-order chi connectivity index (χ0) is 25.9. The Morgan fingerprint density at radius 2 is 1.76 bits per heavy atom. The first-order chi connectivity index (χ1) is 17.9. The normalized spacial score (nSPS) is 14.2. The smallest absolute Gasteiger partial charge is 0.253 e. The summed E-state index contributed by atoms with van der Waals surface area (Å²) < 4.78 is 0. The van der Waals surface area contributed by atoms with E-state index in [1.807, 2.05) is 38.4 Å². The first-order valence-electron chi connectivity index (χ1n) is 12.9. The van der Waals surface area contributed by atoms with Crippen molar-refractivity contribution in [1.82, 2.24) is 19.9 Å². The van der Waals surface area contributed by atoms with E-state index in [4.69, 9.17) is 4.98 Å². The van der Waals surface area contributed by atoms with E-state index in [2.05, 4.69) is 68.6 Å². The molecule has 1 aliphatic rings. The second kappa shape index (κ2) is 10.6. The summed E-state index contributed by atoms with van der Waals surface area (Å²) in [6, 6.07) is 12.6. The summed E-state index contributed by atoms with van der Waals surface area (Å²) in [5.74, 6) is 1.77. The molecule has 1 fully saturated rings. The van der Waals surface area contributed by atoms with E-state index in [-0.39, 0.29) is 5.56 Å². The SMILES string of the molecule is CCNc1cc(-c2ccc(N3CCN(C)CC3)nc2)cc2c(NCc3c(C)cc(C)[nH]c3=O)nccc12. The number of anilines is 3. The fraction of sp³-hybridized carbons (Fsp3) is 0.345. The van der Waals surface area contributed by atoms with E-state index in [1.54, 1.807) is 0 Å². The third-order valence-corrected chi connectivity index (χ3v) is 7.08. The average Bonchev–Trinajstić information content (AvgIpc) is 2.89. The molecule has 0 amide bonds. The summed E-state index contributed by atoms with van der Waals surface area (Å²) in [6.07, 6.45) is 3.77. The number of rotatable bonds is 7. The summed E-state index contributed by atoms with van der Waals surface area (Å²) in [5, 5.41) is 9.02. The third-order valence-electron chi connectivity index (χ3n) is 7.08. The first kappa shape index (κ1) is 24.8. The maximum atomic E-state index is 12.5. The number of nitrogens with zero attached hydrogens (tertiary/aromatic N) is 4. The number of likely N-dealkylation sites (N-methyl/N-ethyl adjacent to an activating group) is 1. The van der Waals surface area contributed by atoms with E-state index in [9.17, 15) is 4.79 Å². The number of aryl methyl sites for hydroxylation is 2. The molecule has 1 saturated heterocycles. The van der Waals surface area contributed by atoms with Gasteiger partial charge in [-0.3, -0.25) is 4.79 Å². The van der Waals surface area contributed by atoms with Crippen LogP contribution >= 0.6 is 0 Å². The Hall–Kier alpha value is -3.91. The molecule has 0 bridgehead atoms. The van der Waals surface area contributed by atoms with Gasteiger partial charge in [0, 0.05) is 84.9 Å². The molecule has 192 valence electrons. The van der Waals surface area contributed by atoms with Gasteiger partial charge in [-0.05, 0) is 75.3 Å². The number of H-pyrrole nitrogens is 1. The number of aromatic amines is 1. The molecule has 0 aliphatic carbocycles. The summed E-state index contributed by atoms with van der Waals surface area (Å²) in [5.41, 5.74) is 5.66. The number of hydrogen-bond donors (Lipinski definition) is 3. The molecule has 0 saturated carbocycles. The minimum Gasteiger partial charge on any atom is -0.385 e. The van der Waals surface area contributed by atoms with Gasteiger partial charge in [0.2, 0.25) is 0 Å². The maximum absolute atomic E-state index is 12.5. The van der Waals surface area contributed by atoms with Crippen LogP contribution in [0.5, 0.6) is 0 Å². The molecule has 4 aromatic rings. The molecule has 3 N–H and O–H groups in total. The van der Waals surface area contributed by atoms with Crippen molar-refractivity contribution in [3.05, 3.63) is 76.0 Å². The average molecular weight is 498 g/mol. The van der Waals surface area contributed by atoms with Crippen molar-refractivity contribution in [3.63, 3.8) is 0 Å². The Morgan fingerprint density at radius 1 is 0.946 bits per heavy atom. The van der Waals surface area contributed by atoms with Crippen molar-refractivity contribution < 1.29 is 0 Å². The lowest BCUT2D eigenvalue weighted by atomic mass is 10.0. The van der Waals surface area contributed by atoms with Crippen molar-refractivity contribution in [2.45, 2.75) is 27.3 Å². The molecule has 0 spiro atoms. The maximum Gasteiger partial charge on any atom is 0.253 e. The fourth-order valence-corrected chi connectivity index (χ4v) is 4.98. The summed E-state index contributed by atoms with van der Waals surface area (Å²) in [4.78, 5) is 29.6. The Morgan fingerprint density at radius 3 is 2.46 bits per heavy atom. The number of nitrogens with one attached hydrogen (secondary N) is 3. The van der Waals surface area contributed by atoms with Crippen molar-refractivity contribution in [1.29, 1.82) is 0 Å². The number of aromatic nitrogens is 3. The zero-order valence-electron chi connectivity index (χ0n) is 22.1. The van der Waals surface area contributed by atoms with E-state index in [0.29, 0.717) is 6.54 Å². The number of fused-ring (bicyclic) bond motifs is 1. The molecule has 8 heteroatoms. The van der Waals surface area contributed by atoms with Gasteiger partial charge < -0.3 is 25.4 Å². The second-order valence-corrected chi connectivity index (χ2v) is 9.80. The second-order valence-electron chi connectivity index (χ2n) is 9.80. The fourth-order valence-electron chi connectivity index (χ4n) is 4.98. The van der Waals surface area contributed by atoms with Crippen molar-refractivity contribution in [3.8, 4) is 11.1 Å². The number of pyridine rings is 3. The molecule has 37 heavy (non-hydrogen) atoms.